The zero-order chi connectivity index (χ0) is 19.3. The molecule has 0 amide bonds. The van der Waals surface area contributed by atoms with Crippen LogP contribution in [0.2, 0.25) is 0 Å². The van der Waals surface area contributed by atoms with Gasteiger partial charge in [0, 0.05) is 32.1 Å². The van der Waals surface area contributed by atoms with Crippen LogP contribution in [0, 0.1) is 5.82 Å². The minimum Gasteiger partial charge on any atom is -0.353 e. The number of halogens is 1. The fourth-order valence-corrected chi connectivity index (χ4v) is 4.90. The van der Waals surface area contributed by atoms with Gasteiger partial charge in [-0.1, -0.05) is 0 Å². The van der Waals surface area contributed by atoms with E-state index in [4.69, 9.17) is 0 Å². The van der Waals surface area contributed by atoms with Crippen LogP contribution in [0.4, 0.5) is 10.2 Å². The molecule has 3 heterocycles. The van der Waals surface area contributed by atoms with Gasteiger partial charge in [0.15, 0.2) is 11.5 Å². The number of anilines is 1. The van der Waals surface area contributed by atoms with E-state index in [1.165, 1.54) is 28.6 Å². The quantitative estimate of drug-likeness (QED) is 0.660. The molecule has 0 radical (unpaired) electrons. The number of rotatable bonds is 4. The van der Waals surface area contributed by atoms with E-state index in [0.717, 1.165) is 30.1 Å². The molecule has 3 aromatic rings. The van der Waals surface area contributed by atoms with Gasteiger partial charge in [0.25, 0.3) is 0 Å². The molecule has 2 fully saturated rings. The van der Waals surface area contributed by atoms with Crippen molar-refractivity contribution < 1.29 is 12.8 Å². The molecule has 28 heavy (non-hydrogen) atoms. The zero-order valence-electron chi connectivity index (χ0n) is 15.1. The average molecular weight is 402 g/mol. The Morgan fingerprint density at radius 3 is 2.32 bits per heavy atom. The summed E-state index contributed by atoms with van der Waals surface area (Å²) in [4.78, 5) is 2.17. The number of fused-ring (bicyclic) bond motifs is 1. The standard InChI is InChI=1S/C18H19FN6O2S/c19-14-3-5-15(6-4-14)28(26,27)24-11-9-23(10-12-24)17-8-7-16-20-21-18(13-1-2-13)25(16)22-17/h3-8,13H,1-2,9-12H2. The lowest BCUT2D eigenvalue weighted by Gasteiger charge is -2.34. The normalized spacial score (nSPS) is 18.7. The van der Waals surface area contributed by atoms with Gasteiger partial charge in [-0.2, -0.15) is 8.82 Å². The topological polar surface area (TPSA) is 83.7 Å². The van der Waals surface area contributed by atoms with E-state index in [-0.39, 0.29) is 4.90 Å². The van der Waals surface area contributed by atoms with Crippen molar-refractivity contribution in [3.8, 4) is 0 Å². The van der Waals surface area contributed by atoms with Crippen molar-refractivity contribution in [2.75, 3.05) is 31.1 Å². The van der Waals surface area contributed by atoms with Crippen molar-refractivity contribution in [1.82, 2.24) is 24.1 Å². The average Bonchev–Trinajstić information content (AvgIpc) is 3.47. The van der Waals surface area contributed by atoms with Crippen molar-refractivity contribution in [1.29, 1.82) is 0 Å². The summed E-state index contributed by atoms with van der Waals surface area (Å²) in [5.74, 6) is 1.67. The Balaban J connectivity index is 1.33. The summed E-state index contributed by atoms with van der Waals surface area (Å²) in [6, 6.07) is 8.72. The van der Waals surface area contributed by atoms with E-state index >= 15 is 0 Å². The van der Waals surface area contributed by atoms with Crippen molar-refractivity contribution >= 4 is 21.5 Å². The molecule has 2 aliphatic rings. The number of aromatic nitrogens is 4. The van der Waals surface area contributed by atoms with E-state index in [1.54, 1.807) is 4.52 Å². The maximum atomic E-state index is 13.1. The third-order valence-electron chi connectivity index (χ3n) is 5.23. The van der Waals surface area contributed by atoms with Crippen molar-refractivity contribution in [3.63, 3.8) is 0 Å². The molecule has 1 aliphatic heterocycles. The van der Waals surface area contributed by atoms with Gasteiger partial charge in [-0.25, -0.2) is 12.8 Å². The first-order valence-corrected chi connectivity index (χ1v) is 10.7. The number of benzene rings is 1. The van der Waals surface area contributed by atoms with Gasteiger partial charge in [0.2, 0.25) is 10.0 Å². The van der Waals surface area contributed by atoms with Crippen LogP contribution in [0.15, 0.2) is 41.3 Å². The largest absolute Gasteiger partial charge is 0.353 e. The molecule has 0 bridgehead atoms. The Hall–Kier alpha value is -2.59. The molecule has 0 spiro atoms. The van der Waals surface area contributed by atoms with E-state index in [9.17, 15) is 12.8 Å². The van der Waals surface area contributed by atoms with Gasteiger partial charge in [0.1, 0.15) is 11.6 Å². The van der Waals surface area contributed by atoms with Crippen LogP contribution in [0.25, 0.3) is 5.65 Å². The van der Waals surface area contributed by atoms with Crippen LogP contribution >= 0.6 is 0 Å². The molecular formula is C18H19FN6O2S. The van der Waals surface area contributed by atoms with Crippen LogP contribution in [0.1, 0.15) is 24.6 Å². The second kappa shape index (κ2) is 6.49. The van der Waals surface area contributed by atoms with E-state index in [1.807, 2.05) is 12.1 Å². The van der Waals surface area contributed by atoms with Crippen LogP contribution in [-0.2, 0) is 10.0 Å². The predicted octanol–water partition coefficient (Wildman–Crippen LogP) is 1.65. The number of hydrogen-bond acceptors (Lipinski definition) is 6. The SMILES string of the molecule is O=S(=O)(c1ccc(F)cc1)N1CCN(c2ccc3nnc(C4CC4)n3n2)CC1. The Labute approximate surface area is 161 Å². The monoisotopic (exact) mass is 402 g/mol. The first-order valence-electron chi connectivity index (χ1n) is 9.25. The first-order chi connectivity index (χ1) is 13.5. The molecule has 0 N–H and O–H groups in total. The highest BCUT2D eigenvalue weighted by atomic mass is 32.2. The summed E-state index contributed by atoms with van der Waals surface area (Å²) in [7, 11) is -3.63. The summed E-state index contributed by atoms with van der Waals surface area (Å²) < 4.78 is 41.8. The highest BCUT2D eigenvalue weighted by Crippen LogP contribution is 2.38. The minimum absolute atomic E-state index is 0.112. The number of nitrogens with zero attached hydrogens (tertiary/aromatic N) is 6. The fourth-order valence-electron chi connectivity index (χ4n) is 3.47. The molecule has 1 aliphatic carbocycles. The molecule has 8 nitrogen and oxygen atoms in total. The van der Waals surface area contributed by atoms with Gasteiger partial charge in [0.05, 0.1) is 4.90 Å². The molecule has 0 atom stereocenters. The lowest BCUT2D eigenvalue weighted by Crippen LogP contribution is -2.49. The van der Waals surface area contributed by atoms with Crippen LogP contribution in [-0.4, -0.2) is 58.7 Å². The van der Waals surface area contributed by atoms with Gasteiger partial charge in [-0.15, -0.1) is 15.3 Å². The molecule has 146 valence electrons. The Morgan fingerprint density at radius 2 is 1.64 bits per heavy atom. The minimum atomic E-state index is -3.63. The molecule has 5 rings (SSSR count). The Morgan fingerprint density at radius 1 is 0.929 bits per heavy atom. The van der Waals surface area contributed by atoms with Crippen LogP contribution < -0.4 is 4.90 Å². The van der Waals surface area contributed by atoms with E-state index in [2.05, 4.69) is 20.2 Å². The van der Waals surface area contributed by atoms with Crippen LogP contribution in [0.5, 0.6) is 0 Å². The highest BCUT2D eigenvalue weighted by Gasteiger charge is 2.31. The molecule has 1 saturated heterocycles. The maximum Gasteiger partial charge on any atom is 0.243 e. The molecule has 0 unspecified atom stereocenters. The summed E-state index contributed by atoms with van der Waals surface area (Å²) in [5, 5.41) is 13.1. The lowest BCUT2D eigenvalue weighted by molar-refractivity contribution is 0.383. The lowest BCUT2D eigenvalue weighted by atomic mass is 10.3. The highest BCUT2D eigenvalue weighted by molar-refractivity contribution is 7.89. The maximum absolute atomic E-state index is 13.1. The second-order valence-corrected chi connectivity index (χ2v) is 9.08. The van der Waals surface area contributed by atoms with E-state index < -0.39 is 15.8 Å². The number of hydrogen-bond donors (Lipinski definition) is 0. The van der Waals surface area contributed by atoms with Crippen molar-refractivity contribution in [2.24, 2.45) is 0 Å². The van der Waals surface area contributed by atoms with Crippen molar-refractivity contribution in [3.05, 3.63) is 48.0 Å². The summed E-state index contributed by atoms with van der Waals surface area (Å²) in [5.41, 5.74) is 0.725. The van der Waals surface area contributed by atoms with Gasteiger partial charge in [-0.3, -0.25) is 0 Å². The van der Waals surface area contributed by atoms with Gasteiger partial charge in [-0.05, 0) is 49.2 Å². The summed E-state index contributed by atoms with van der Waals surface area (Å²) in [6.45, 7) is 1.74. The fraction of sp³-hybridized carbons (Fsp3) is 0.389. The predicted molar refractivity (Wildman–Crippen MR) is 100 cm³/mol. The Bertz CT molecular complexity index is 1120. The molecular weight excluding hydrogens is 383 g/mol. The first kappa shape index (κ1) is 17.5. The molecule has 1 saturated carbocycles. The van der Waals surface area contributed by atoms with E-state index in [0.29, 0.717) is 32.1 Å². The van der Waals surface area contributed by atoms with Crippen LogP contribution in [0.3, 0.4) is 0 Å². The third-order valence-corrected chi connectivity index (χ3v) is 7.14. The van der Waals surface area contributed by atoms with Gasteiger partial charge < -0.3 is 4.90 Å². The molecule has 2 aromatic heterocycles. The second-order valence-electron chi connectivity index (χ2n) is 7.14. The number of piperazine rings is 1. The zero-order valence-corrected chi connectivity index (χ0v) is 15.9. The Kier molecular flexibility index (Phi) is 4.06. The molecule has 10 heteroatoms. The van der Waals surface area contributed by atoms with Gasteiger partial charge >= 0.3 is 0 Å². The summed E-state index contributed by atoms with van der Waals surface area (Å²) in [6.07, 6.45) is 2.24. The molecule has 1 aromatic carbocycles. The smallest absolute Gasteiger partial charge is 0.243 e. The summed E-state index contributed by atoms with van der Waals surface area (Å²) >= 11 is 0. The number of sulfonamides is 1. The van der Waals surface area contributed by atoms with Crippen molar-refractivity contribution in [2.45, 2.75) is 23.7 Å². The third kappa shape index (κ3) is 3.02.